The fourth-order valence-electron chi connectivity index (χ4n) is 3.23. The fraction of sp³-hybridized carbons (Fsp3) is 0.611. The van der Waals surface area contributed by atoms with E-state index in [0.29, 0.717) is 18.4 Å². The molecular weight excluding hydrogens is 310 g/mol. The van der Waals surface area contributed by atoms with Crippen molar-refractivity contribution in [2.75, 3.05) is 39.3 Å². The van der Waals surface area contributed by atoms with Crippen LogP contribution >= 0.6 is 12.4 Å². The highest BCUT2D eigenvalue weighted by Crippen LogP contribution is 2.24. The van der Waals surface area contributed by atoms with Crippen molar-refractivity contribution >= 4 is 18.3 Å². The molecule has 4 nitrogen and oxygen atoms in total. The van der Waals surface area contributed by atoms with Gasteiger partial charge in [-0.3, -0.25) is 9.69 Å². The Kier molecular flexibility index (Phi) is 9.22. The van der Waals surface area contributed by atoms with Gasteiger partial charge in [0.05, 0.1) is 0 Å². The second-order valence-corrected chi connectivity index (χ2v) is 5.84. The predicted octanol–water partition coefficient (Wildman–Crippen LogP) is 2.70. The van der Waals surface area contributed by atoms with Crippen LogP contribution in [-0.2, 0) is 4.79 Å². The normalized spacial score (nSPS) is 16.0. The molecule has 1 heterocycles. The lowest BCUT2D eigenvalue weighted by atomic mass is 10.0. The molecule has 1 unspecified atom stereocenters. The average molecular weight is 340 g/mol. The summed E-state index contributed by atoms with van der Waals surface area (Å²) in [6.07, 6.45) is 1.69. The number of hydrogen-bond donors (Lipinski definition) is 1. The van der Waals surface area contributed by atoms with E-state index in [4.69, 9.17) is 0 Å². The molecule has 0 aliphatic carbocycles. The zero-order valence-corrected chi connectivity index (χ0v) is 15.1. The summed E-state index contributed by atoms with van der Waals surface area (Å²) in [6, 6.07) is 11.0. The Morgan fingerprint density at radius 1 is 1.22 bits per heavy atom. The van der Waals surface area contributed by atoms with E-state index in [-0.39, 0.29) is 12.4 Å². The lowest BCUT2D eigenvalue weighted by Crippen LogP contribution is -2.47. The van der Waals surface area contributed by atoms with E-state index in [1.54, 1.807) is 0 Å². The first-order valence-corrected chi connectivity index (χ1v) is 8.53. The number of hydrogen-bond acceptors (Lipinski definition) is 3. The monoisotopic (exact) mass is 339 g/mol. The summed E-state index contributed by atoms with van der Waals surface area (Å²) in [5.74, 6) is 0.294. The van der Waals surface area contributed by atoms with Crippen molar-refractivity contribution in [3.05, 3.63) is 35.9 Å². The molecule has 130 valence electrons. The third kappa shape index (κ3) is 5.79. The number of carbonyl (C=O) groups is 1. The van der Waals surface area contributed by atoms with Gasteiger partial charge in [0, 0.05) is 45.2 Å². The largest absolute Gasteiger partial charge is 0.340 e. The lowest BCUT2D eigenvalue weighted by Gasteiger charge is -2.32. The number of nitrogens with zero attached hydrogens (tertiary/aromatic N) is 2. The molecule has 2 rings (SSSR count). The molecule has 1 amide bonds. The van der Waals surface area contributed by atoms with Gasteiger partial charge in [-0.1, -0.05) is 44.2 Å². The van der Waals surface area contributed by atoms with Crippen LogP contribution in [0.2, 0.25) is 0 Å². The van der Waals surface area contributed by atoms with E-state index >= 15 is 0 Å². The molecule has 1 saturated heterocycles. The van der Waals surface area contributed by atoms with Gasteiger partial charge in [-0.2, -0.15) is 0 Å². The van der Waals surface area contributed by atoms with Crippen molar-refractivity contribution < 1.29 is 4.79 Å². The van der Waals surface area contributed by atoms with Gasteiger partial charge in [-0.05, 0) is 18.5 Å². The van der Waals surface area contributed by atoms with E-state index in [1.165, 1.54) is 5.56 Å². The number of piperazine rings is 1. The molecule has 1 aliphatic rings. The van der Waals surface area contributed by atoms with Gasteiger partial charge in [0.1, 0.15) is 0 Å². The number of carbonyl (C=O) groups excluding carboxylic acids is 1. The van der Waals surface area contributed by atoms with Gasteiger partial charge in [0.2, 0.25) is 5.91 Å². The Hall–Kier alpha value is -1.10. The van der Waals surface area contributed by atoms with E-state index < -0.39 is 0 Å². The van der Waals surface area contributed by atoms with Crippen molar-refractivity contribution in [2.45, 2.75) is 32.7 Å². The number of benzene rings is 1. The van der Waals surface area contributed by atoms with Crippen LogP contribution in [0.3, 0.4) is 0 Å². The first kappa shape index (κ1) is 19.9. The average Bonchev–Trinajstić information content (AvgIpc) is 2.59. The van der Waals surface area contributed by atoms with Gasteiger partial charge in [0.15, 0.2) is 0 Å². The lowest BCUT2D eigenvalue weighted by molar-refractivity contribution is -0.132. The molecule has 0 bridgehead atoms. The minimum Gasteiger partial charge on any atom is -0.340 e. The molecule has 1 N–H and O–H groups in total. The van der Waals surface area contributed by atoms with Crippen LogP contribution in [0.1, 0.15) is 38.3 Å². The van der Waals surface area contributed by atoms with Gasteiger partial charge in [-0.25, -0.2) is 0 Å². The summed E-state index contributed by atoms with van der Waals surface area (Å²) in [6.45, 7) is 9.76. The number of nitrogens with one attached hydrogen (secondary N) is 1. The molecule has 1 aromatic rings. The van der Waals surface area contributed by atoms with Crippen molar-refractivity contribution in [1.82, 2.24) is 15.1 Å². The minimum atomic E-state index is 0. The van der Waals surface area contributed by atoms with Gasteiger partial charge in [-0.15, -0.1) is 12.4 Å². The van der Waals surface area contributed by atoms with Gasteiger partial charge in [0.25, 0.3) is 0 Å². The summed E-state index contributed by atoms with van der Waals surface area (Å²) in [5.41, 5.74) is 1.35. The minimum absolute atomic E-state index is 0. The molecule has 0 spiro atoms. The highest BCUT2D eigenvalue weighted by molar-refractivity contribution is 5.85. The second-order valence-electron chi connectivity index (χ2n) is 5.84. The Labute approximate surface area is 146 Å². The number of halogens is 1. The molecule has 0 aromatic heterocycles. The van der Waals surface area contributed by atoms with Crippen molar-refractivity contribution in [3.8, 4) is 0 Å². The summed E-state index contributed by atoms with van der Waals surface area (Å²) >= 11 is 0. The van der Waals surface area contributed by atoms with Crippen LogP contribution in [0.4, 0.5) is 0 Å². The topological polar surface area (TPSA) is 35.6 Å². The molecule has 1 aliphatic heterocycles. The van der Waals surface area contributed by atoms with E-state index in [2.05, 4.69) is 54.4 Å². The predicted molar refractivity (Wildman–Crippen MR) is 98.0 cm³/mol. The zero-order valence-electron chi connectivity index (χ0n) is 14.3. The maximum atomic E-state index is 12.3. The summed E-state index contributed by atoms with van der Waals surface area (Å²) in [7, 11) is 0. The Morgan fingerprint density at radius 2 is 1.87 bits per heavy atom. The van der Waals surface area contributed by atoms with Gasteiger partial charge >= 0.3 is 0 Å². The summed E-state index contributed by atoms with van der Waals surface area (Å²) < 4.78 is 0. The quantitative estimate of drug-likeness (QED) is 0.829. The number of amides is 1. The molecular formula is C18H30ClN3O. The molecule has 23 heavy (non-hydrogen) atoms. The molecule has 1 aromatic carbocycles. The number of rotatable bonds is 7. The van der Waals surface area contributed by atoms with E-state index in [9.17, 15) is 4.79 Å². The second kappa shape index (κ2) is 10.6. The van der Waals surface area contributed by atoms with E-state index in [1.807, 2.05) is 4.90 Å². The van der Waals surface area contributed by atoms with Crippen molar-refractivity contribution in [2.24, 2.45) is 0 Å². The maximum Gasteiger partial charge on any atom is 0.223 e. The SMILES string of the molecule is CCC(c1ccccc1)N(CC)CCC(=O)N1CCNCC1.Cl. The maximum absolute atomic E-state index is 12.3. The summed E-state index contributed by atoms with van der Waals surface area (Å²) in [4.78, 5) is 16.8. The van der Waals surface area contributed by atoms with E-state index in [0.717, 1.165) is 45.7 Å². The van der Waals surface area contributed by atoms with Crippen LogP contribution < -0.4 is 5.32 Å². The molecule has 1 atom stereocenters. The third-order valence-electron chi connectivity index (χ3n) is 4.50. The van der Waals surface area contributed by atoms with Crippen LogP contribution in [0.25, 0.3) is 0 Å². The molecule has 0 saturated carbocycles. The van der Waals surface area contributed by atoms with Crippen molar-refractivity contribution in [3.63, 3.8) is 0 Å². The Bertz CT molecular complexity index is 449. The van der Waals surface area contributed by atoms with Crippen LogP contribution in [-0.4, -0.2) is 55.0 Å². The third-order valence-corrected chi connectivity index (χ3v) is 4.50. The molecule has 5 heteroatoms. The van der Waals surface area contributed by atoms with Crippen LogP contribution in [0.5, 0.6) is 0 Å². The summed E-state index contributed by atoms with van der Waals surface area (Å²) in [5, 5.41) is 3.29. The molecule has 1 fully saturated rings. The first-order valence-electron chi connectivity index (χ1n) is 8.53. The standard InChI is InChI=1S/C18H29N3O.ClH/c1-3-17(16-8-6-5-7-9-16)20(4-2)13-10-18(22)21-14-11-19-12-15-21;/h5-9,17,19H,3-4,10-15H2,1-2H3;1H. The first-order chi connectivity index (χ1) is 10.8. The fourth-order valence-corrected chi connectivity index (χ4v) is 3.23. The zero-order chi connectivity index (χ0) is 15.8. The smallest absolute Gasteiger partial charge is 0.223 e. The Morgan fingerprint density at radius 3 is 2.43 bits per heavy atom. The highest BCUT2D eigenvalue weighted by atomic mass is 35.5. The Balaban J connectivity index is 0.00000264. The highest BCUT2D eigenvalue weighted by Gasteiger charge is 2.20. The van der Waals surface area contributed by atoms with Crippen LogP contribution in [0, 0.1) is 0 Å². The molecule has 0 radical (unpaired) electrons. The van der Waals surface area contributed by atoms with Crippen molar-refractivity contribution in [1.29, 1.82) is 0 Å². The van der Waals surface area contributed by atoms with Gasteiger partial charge < -0.3 is 10.2 Å². The van der Waals surface area contributed by atoms with Crippen LogP contribution in [0.15, 0.2) is 30.3 Å².